The third-order valence-corrected chi connectivity index (χ3v) is 5.18. The van der Waals surface area contributed by atoms with Crippen molar-refractivity contribution in [3.05, 3.63) is 22.3 Å². The maximum atomic E-state index is 12.4. The number of thioether (sulfide) groups is 1. The Morgan fingerprint density at radius 1 is 1.43 bits per heavy atom. The molecule has 2 fully saturated rings. The van der Waals surface area contributed by atoms with Crippen LogP contribution in [-0.4, -0.2) is 53.5 Å². The molecule has 0 atom stereocenters. The number of rotatable bonds is 2. The lowest BCUT2D eigenvalue weighted by molar-refractivity contribution is -0.135. The van der Waals surface area contributed by atoms with Gasteiger partial charge in [-0.15, -0.1) is 0 Å². The van der Waals surface area contributed by atoms with Gasteiger partial charge in [-0.05, 0) is 22.0 Å². The standard InChI is InChI=1S/C14H15BrN4OS/c15-12-5-10(6-16)13(17-7-12)19-8-11(9-19)14(20)18-1-3-21-4-2-18/h5,7,11H,1-4,8-9H2. The van der Waals surface area contributed by atoms with E-state index in [1.807, 2.05) is 21.6 Å². The van der Waals surface area contributed by atoms with Crippen molar-refractivity contribution < 1.29 is 4.79 Å². The number of carbonyl (C=O) groups excluding carboxylic acids is 1. The fourth-order valence-electron chi connectivity index (χ4n) is 2.62. The van der Waals surface area contributed by atoms with Crippen LogP contribution in [0, 0.1) is 17.2 Å². The van der Waals surface area contributed by atoms with Crippen molar-refractivity contribution in [2.75, 3.05) is 42.6 Å². The van der Waals surface area contributed by atoms with Crippen LogP contribution in [0.1, 0.15) is 5.56 Å². The largest absolute Gasteiger partial charge is 0.354 e. The number of hydrogen-bond donors (Lipinski definition) is 0. The summed E-state index contributed by atoms with van der Waals surface area (Å²) < 4.78 is 0.793. The van der Waals surface area contributed by atoms with Gasteiger partial charge in [-0.25, -0.2) is 4.98 Å². The van der Waals surface area contributed by atoms with Gasteiger partial charge in [-0.3, -0.25) is 4.79 Å². The number of nitrogens with zero attached hydrogens (tertiary/aromatic N) is 4. The van der Waals surface area contributed by atoms with Gasteiger partial charge in [-0.1, -0.05) is 0 Å². The average molecular weight is 367 g/mol. The fourth-order valence-corrected chi connectivity index (χ4v) is 3.85. The molecule has 0 bridgehead atoms. The first-order valence-electron chi connectivity index (χ1n) is 6.86. The Hall–Kier alpha value is -1.26. The predicted octanol–water partition coefficient (Wildman–Crippen LogP) is 1.73. The SMILES string of the molecule is N#Cc1cc(Br)cnc1N1CC(C(=O)N2CCSCC2)C1. The highest BCUT2D eigenvalue weighted by Crippen LogP contribution is 2.28. The minimum atomic E-state index is 0.0464. The average Bonchev–Trinajstić information content (AvgIpc) is 2.47. The number of amides is 1. The number of hydrogen-bond acceptors (Lipinski definition) is 5. The molecular formula is C14H15BrN4OS. The lowest BCUT2D eigenvalue weighted by Gasteiger charge is -2.42. The van der Waals surface area contributed by atoms with E-state index in [2.05, 4.69) is 27.0 Å². The summed E-state index contributed by atoms with van der Waals surface area (Å²) in [6.07, 6.45) is 1.69. The molecule has 0 spiro atoms. The minimum Gasteiger partial charge on any atom is -0.354 e. The van der Waals surface area contributed by atoms with Gasteiger partial charge in [0.05, 0.1) is 11.5 Å². The second-order valence-corrected chi connectivity index (χ2v) is 7.32. The van der Waals surface area contributed by atoms with Gasteiger partial charge in [0.2, 0.25) is 5.91 Å². The first-order chi connectivity index (χ1) is 10.2. The molecular weight excluding hydrogens is 352 g/mol. The van der Waals surface area contributed by atoms with E-state index < -0.39 is 0 Å². The second-order valence-electron chi connectivity index (χ2n) is 5.18. The van der Waals surface area contributed by atoms with Crippen LogP contribution in [0.25, 0.3) is 0 Å². The van der Waals surface area contributed by atoms with Crippen LogP contribution in [0.5, 0.6) is 0 Å². The van der Waals surface area contributed by atoms with Crippen molar-refractivity contribution in [3.63, 3.8) is 0 Å². The summed E-state index contributed by atoms with van der Waals surface area (Å²) >= 11 is 5.22. The zero-order valence-electron chi connectivity index (χ0n) is 11.5. The quantitative estimate of drug-likeness (QED) is 0.797. The maximum Gasteiger partial charge on any atom is 0.229 e. The molecule has 3 heterocycles. The van der Waals surface area contributed by atoms with E-state index in [-0.39, 0.29) is 11.8 Å². The van der Waals surface area contributed by atoms with Crippen molar-refractivity contribution in [1.29, 1.82) is 5.26 Å². The Labute approximate surface area is 136 Å². The summed E-state index contributed by atoms with van der Waals surface area (Å²) in [5.41, 5.74) is 0.546. The van der Waals surface area contributed by atoms with Gasteiger partial charge in [0.25, 0.3) is 0 Å². The molecule has 2 aliphatic rings. The van der Waals surface area contributed by atoms with Crippen molar-refractivity contribution >= 4 is 39.4 Å². The summed E-state index contributed by atoms with van der Waals surface area (Å²) in [6.45, 7) is 3.04. The molecule has 1 aromatic heterocycles. The van der Waals surface area contributed by atoms with Crippen molar-refractivity contribution in [1.82, 2.24) is 9.88 Å². The molecule has 1 amide bonds. The molecule has 0 N–H and O–H groups in total. The summed E-state index contributed by atoms with van der Waals surface area (Å²) in [5.74, 6) is 3.05. The first kappa shape index (κ1) is 14.7. The third kappa shape index (κ3) is 3.01. The van der Waals surface area contributed by atoms with E-state index in [4.69, 9.17) is 0 Å². The number of carbonyl (C=O) groups is 1. The van der Waals surface area contributed by atoms with E-state index in [9.17, 15) is 10.1 Å². The first-order valence-corrected chi connectivity index (χ1v) is 8.81. The highest BCUT2D eigenvalue weighted by molar-refractivity contribution is 9.10. The molecule has 0 unspecified atom stereocenters. The van der Waals surface area contributed by atoms with Gasteiger partial charge in [0.15, 0.2) is 0 Å². The van der Waals surface area contributed by atoms with E-state index in [0.29, 0.717) is 24.5 Å². The Morgan fingerprint density at radius 3 is 2.81 bits per heavy atom. The zero-order chi connectivity index (χ0) is 14.8. The Morgan fingerprint density at radius 2 is 2.14 bits per heavy atom. The predicted molar refractivity (Wildman–Crippen MR) is 86.3 cm³/mol. The molecule has 0 radical (unpaired) electrons. The number of halogens is 1. The van der Waals surface area contributed by atoms with Crippen LogP contribution in [0.4, 0.5) is 5.82 Å². The second kappa shape index (κ2) is 6.24. The molecule has 0 aliphatic carbocycles. The number of aromatic nitrogens is 1. The molecule has 1 aromatic rings. The maximum absolute atomic E-state index is 12.4. The van der Waals surface area contributed by atoms with Crippen LogP contribution < -0.4 is 4.90 Å². The molecule has 7 heteroatoms. The monoisotopic (exact) mass is 366 g/mol. The highest BCUT2D eigenvalue weighted by Gasteiger charge is 2.37. The van der Waals surface area contributed by atoms with E-state index in [0.717, 1.165) is 29.1 Å². The van der Waals surface area contributed by atoms with Crippen LogP contribution >= 0.6 is 27.7 Å². The van der Waals surface area contributed by atoms with Crippen LogP contribution in [-0.2, 0) is 4.79 Å². The Bertz CT molecular complexity index is 591. The molecule has 2 aliphatic heterocycles. The topological polar surface area (TPSA) is 60.2 Å². The van der Waals surface area contributed by atoms with Crippen LogP contribution in [0.15, 0.2) is 16.7 Å². The van der Waals surface area contributed by atoms with E-state index in [1.165, 1.54) is 0 Å². The summed E-state index contributed by atoms with van der Waals surface area (Å²) in [4.78, 5) is 20.6. The number of nitriles is 1. The molecule has 2 saturated heterocycles. The normalized spacial score (nSPS) is 19.0. The van der Waals surface area contributed by atoms with Gasteiger partial charge in [-0.2, -0.15) is 17.0 Å². The Balaban J connectivity index is 1.63. The van der Waals surface area contributed by atoms with E-state index >= 15 is 0 Å². The van der Waals surface area contributed by atoms with Crippen LogP contribution in [0.2, 0.25) is 0 Å². The summed E-state index contributed by atoms with van der Waals surface area (Å²) in [5, 5.41) is 9.18. The molecule has 110 valence electrons. The molecule has 5 nitrogen and oxygen atoms in total. The fraction of sp³-hybridized carbons (Fsp3) is 0.500. The molecule has 21 heavy (non-hydrogen) atoms. The van der Waals surface area contributed by atoms with Gasteiger partial charge in [0, 0.05) is 48.4 Å². The number of pyridine rings is 1. The minimum absolute atomic E-state index is 0.0464. The smallest absolute Gasteiger partial charge is 0.229 e. The van der Waals surface area contributed by atoms with Gasteiger partial charge >= 0.3 is 0 Å². The lowest BCUT2D eigenvalue weighted by Crippen LogP contribution is -2.56. The summed E-state index contributed by atoms with van der Waals surface area (Å²) in [6, 6.07) is 3.92. The van der Waals surface area contributed by atoms with Gasteiger partial charge in [0.1, 0.15) is 11.9 Å². The Kier molecular flexibility index (Phi) is 4.36. The summed E-state index contributed by atoms with van der Waals surface area (Å²) in [7, 11) is 0. The van der Waals surface area contributed by atoms with Crippen molar-refractivity contribution in [2.24, 2.45) is 5.92 Å². The lowest BCUT2D eigenvalue weighted by atomic mass is 9.97. The van der Waals surface area contributed by atoms with Crippen LogP contribution in [0.3, 0.4) is 0 Å². The zero-order valence-corrected chi connectivity index (χ0v) is 13.9. The van der Waals surface area contributed by atoms with Crippen molar-refractivity contribution in [2.45, 2.75) is 0 Å². The molecule has 0 saturated carbocycles. The molecule has 0 aromatic carbocycles. The number of anilines is 1. The van der Waals surface area contributed by atoms with Crippen molar-refractivity contribution in [3.8, 4) is 6.07 Å². The highest BCUT2D eigenvalue weighted by atomic mass is 79.9. The molecule has 3 rings (SSSR count). The third-order valence-electron chi connectivity index (χ3n) is 3.81. The van der Waals surface area contributed by atoms with E-state index in [1.54, 1.807) is 12.3 Å². The van der Waals surface area contributed by atoms with Gasteiger partial charge < -0.3 is 9.80 Å².